The Morgan fingerprint density at radius 3 is 2.61 bits per heavy atom. The monoisotopic (exact) mass is 378 g/mol. The Morgan fingerprint density at radius 1 is 1.26 bits per heavy atom. The molecule has 1 atom stereocenters. The van der Waals surface area contributed by atoms with Crippen molar-refractivity contribution in [2.24, 2.45) is 0 Å². The number of hydrogen-bond acceptors (Lipinski definition) is 4. The largest absolute Gasteiger partial charge is 0.448 e. The van der Waals surface area contributed by atoms with Crippen molar-refractivity contribution in [3.05, 3.63) is 52.3 Å². The van der Waals surface area contributed by atoms with Gasteiger partial charge in [-0.2, -0.15) is 0 Å². The molecule has 0 radical (unpaired) electrons. The van der Waals surface area contributed by atoms with Gasteiger partial charge in [0.15, 0.2) is 11.9 Å². The maximum Gasteiger partial charge on any atom is 0.355 e. The normalized spacial score (nSPS) is 11.6. The van der Waals surface area contributed by atoms with Crippen LogP contribution >= 0.6 is 15.9 Å². The molecule has 0 saturated carbocycles. The van der Waals surface area contributed by atoms with Gasteiger partial charge in [0.25, 0.3) is 5.91 Å². The van der Waals surface area contributed by atoms with Gasteiger partial charge in [0.05, 0.1) is 0 Å². The molecule has 0 fully saturated rings. The van der Waals surface area contributed by atoms with Gasteiger partial charge in [-0.3, -0.25) is 9.59 Å². The molecule has 1 aromatic carbocycles. The Hall–Kier alpha value is -2.41. The molecule has 0 spiro atoms. The number of Topliss-reactive ketones (excluding diaryl/α,β-unsaturated/α-hetero) is 1. The van der Waals surface area contributed by atoms with Gasteiger partial charge in [0.1, 0.15) is 5.69 Å². The summed E-state index contributed by atoms with van der Waals surface area (Å²) >= 11 is 3.31. The molecule has 2 N–H and O–H groups in total. The van der Waals surface area contributed by atoms with Gasteiger partial charge in [-0.05, 0) is 38.1 Å². The van der Waals surface area contributed by atoms with Crippen LogP contribution in [0.25, 0.3) is 0 Å². The van der Waals surface area contributed by atoms with Gasteiger partial charge in [-0.25, -0.2) is 4.79 Å². The molecule has 2 rings (SSSR count). The van der Waals surface area contributed by atoms with E-state index in [4.69, 9.17) is 4.74 Å². The Morgan fingerprint density at radius 2 is 2.00 bits per heavy atom. The summed E-state index contributed by atoms with van der Waals surface area (Å²) < 4.78 is 5.91. The van der Waals surface area contributed by atoms with Gasteiger partial charge in [0.2, 0.25) is 0 Å². The number of aromatic nitrogens is 1. The molecule has 6 nitrogen and oxygen atoms in total. The van der Waals surface area contributed by atoms with E-state index in [0.29, 0.717) is 11.3 Å². The van der Waals surface area contributed by atoms with E-state index >= 15 is 0 Å². The van der Waals surface area contributed by atoms with Crippen molar-refractivity contribution in [3.63, 3.8) is 0 Å². The highest BCUT2D eigenvalue weighted by Crippen LogP contribution is 2.16. The molecule has 0 saturated heterocycles. The number of benzene rings is 1. The zero-order valence-electron chi connectivity index (χ0n) is 12.6. The SMILES string of the molecule is CC(=O)c1c[nH]c(C(=O)O[C@@H](C)C(=O)Nc2cccc(Br)c2)c1. The molecule has 2 aromatic rings. The second-order valence-electron chi connectivity index (χ2n) is 4.91. The van der Waals surface area contributed by atoms with Gasteiger partial charge in [-0.15, -0.1) is 0 Å². The lowest BCUT2D eigenvalue weighted by atomic mass is 10.2. The molecule has 0 aliphatic heterocycles. The number of amides is 1. The minimum absolute atomic E-state index is 0.123. The number of rotatable bonds is 5. The molecule has 0 unspecified atom stereocenters. The zero-order chi connectivity index (χ0) is 17.0. The molecule has 0 aliphatic rings. The molecule has 0 bridgehead atoms. The second kappa shape index (κ2) is 7.23. The van der Waals surface area contributed by atoms with E-state index in [0.717, 1.165) is 4.47 Å². The third kappa shape index (κ3) is 4.53. The van der Waals surface area contributed by atoms with Gasteiger partial charge >= 0.3 is 5.97 Å². The van der Waals surface area contributed by atoms with Crippen LogP contribution in [-0.4, -0.2) is 28.7 Å². The topological polar surface area (TPSA) is 88.3 Å². The van der Waals surface area contributed by atoms with E-state index < -0.39 is 18.0 Å². The quantitative estimate of drug-likeness (QED) is 0.617. The fourth-order valence-electron chi connectivity index (χ4n) is 1.80. The Labute approximate surface area is 141 Å². The molecule has 120 valence electrons. The van der Waals surface area contributed by atoms with Crippen molar-refractivity contribution in [1.29, 1.82) is 0 Å². The van der Waals surface area contributed by atoms with Crippen molar-refractivity contribution in [3.8, 4) is 0 Å². The third-order valence-electron chi connectivity index (χ3n) is 3.05. The first-order chi connectivity index (χ1) is 10.9. The number of H-pyrrole nitrogens is 1. The Balaban J connectivity index is 1.97. The van der Waals surface area contributed by atoms with Crippen LogP contribution in [0, 0.1) is 0 Å². The number of anilines is 1. The van der Waals surface area contributed by atoms with Crippen molar-refractivity contribution < 1.29 is 19.1 Å². The highest BCUT2D eigenvalue weighted by molar-refractivity contribution is 9.10. The van der Waals surface area contributed by atoms with E-state index in [2.05, 4.69) is 26.2 Å². The highest BCUT2D eigenvalue weighted by atomic mass is 79.9. The minimum atomic E-state index is -0.981. The van der Waals surface area contributed by atoms with Crippen molar-refractivity contribution in [2.75, 3.05) is 5.32 Å². The number of carbonyl (C=O) groups is 3. The van der Waals surface area contributed by atoms with Crippen LogP contribution in [0.4, 0.5) is 5.69 Å². The number of halogens is 1. The highest BCUT2D eigenvalue weighted by Gasteiger charge is 2.20. The fourth-order valence-corrected chi connectivity index (χ4v) is 2.20. The number of ether oxygens (including phenoxy) is 1. The van der Waals surface area contributed by atoms with E-state index in [1.807, 2.05) is 6.07 Å². The average molecular weight is 379 g/mol. The third-order valence-corrected chi connectivity index (χ3v) is 3.55. The van der Waals surface area contributed by atoms with Crippen LogP contribution in [0.5, 0.6) is 0 Å². The van der Waals surface area contributed by atoms with E-state index in [1.165, 1.54) is 26.1 Å². The first kappa shape index (κ1) is 17.0. The Bertz CT molecular complexity index is 754. The average Bonchev–Trinajstić information content (AvgIpc) is 2.97. The molecule has 1 heterocycles. The first-order valence-electron chi connectivity index (χ1n) is 6.83. The standard InChI is InChI=1S/C16H15BrN2O4/c1-9(20)11-6-14(18-8-11)16(22)23-10(2)15(21)19-13-5-3-4-12(17)7-13/h3-8,10,18H,1-2H3,(H,19,21)/t10-/m0/s1. The van der Waals surface area contributed by atoms with E-state index in [1.54, 1.807) is 18.2 Å². The van der Waals surface area contributed by atoms with Crippen LogP contribution in [-0.2, 0) is 9.53 Å². The fraction of sp³-hybridized carbons (Fsp3) is 0.188. The second-order valence-corrected chi connectivity index (χ2v) is 5.82. The lowest BCUT2D eigenvalue weighted by Crippen LogP contribution is -2.30. The molecule has 0 aliphatic carbocycles. The predicted molar refractivity (Wildman–Crippen MR) is 88.4 cm³/mol. The lowest BCUT2D eigenvalue weighted by Gasteiger charge is -2.13. The minimum Gasteiger partial charge on any atom is -0.448 e. The number of carbonyl (C=O) groups excluding carboxylic acids is 3. The molecular formula is C16H15BrN2O4. The molecular weight excluding hydrogens is 364 g/mol. The lowest BCUT2D eigenvalue weighted by molar-refractivity contribution is -0.123. The maximum absolute atomic E-state index is 12.0. The smallest absolute Gasteiger partial charge is 0.355 e. The summed E-state index contributed by atoms with van der Waals surface area (Å²) in [6, 6.07) is 8.46. The van der Waals surface area contributed by atoms with E-state index in [-0.39, 0.29) is 11.5 Å². The summed E-state index contributed by atoms with van der Waals surface area (Å²) in [6.07, 6.45) is 0.441. The van der Waals surface area contributed by atoms with E-state index in [9.17, 15) is 14.4 Å². The first-order valence-corrected chi connectivity index (χ1v) is 7.63. The molecule has 1 amide bonds. The van der Waals surface area contributed by atoms with Crippen molar-refractivity contribution in [2.45, 2.75) is 20.0 Å². The number of hydrogen-bond donors (Lipinski definition) is 2. The maximum atomic E-state index is 12.0. The van der Waals surface area contributed by atoms with Crippen LogP contribution < -0.4 is 5.32 Å². The van der Waals surface area contributed by atoms with Crippen molar-refractivity contribution in [1.82, 2.24) is 4.98 Å². The summed E-state index contributed by atoms with van der Waals surface area (Å²) in [4.78, 5) is 37.8. The number of nitrogens with one attached hydrogen (secondary N) is 2. The number of aromatic amines is 1. The summed E-state index contributed by atoms with van der Waals surface area (Å²) in [5.74, 6) is -1.31. The summed E-state index contributed by atoms with van der Waals surface area (Å²) in [5.41, 5.74) is 1.09. The van der Waals surface area contributed by atoms with Crippen LogP contribution in [0.15, 0.2) is 41.0 Å². The number of ketones is 1. The summed E-state index contributed by atoms with van der Waals surface area (Å²) in [5, 5.41) is 2.65. The summed E-state index contributed by atoms with van der Waals surface area (Å²) in [7, 11) is 0. The van der Waals surface area contributed by atoms with Gasteiger partial charge in [-0.1, -0.05) is 22.0 Å². The molecule has 23 heavy (non-hydrogen) atoms. The van der Waals surface area contributed by atoms with Crippen LogP contribution in [0.2, 0.25) is 0 Å². The van der Waals surface area contributed by atoms with Crippen molar-refractivity contribution >= 4 is 39.3 Å². The summed E-state index contributed by atoms with van der Waals surface area (Å²) in [6.45, 7) is 2.87. The zero-order valence-corrected chi connectivity index (χ0v) is 14.1. The van der Waals surface area contributed by atoms with Gasteiger partial charge in [0, 0.05) is 21.9 Å². The molecule has 1 aromatic heterocycles. The van der Waals surface area contributed by atoms with Crippen LogP contribution in [0.1, 0.15) is 34.7 Å². The Kier molecular flexibility index (Phi) is 5.33. The number of esters is 1. The predicted octanol–water partition coefficient (Wildman–Crippen LogP) is 3.16. The van der Waals surface area contributed by atoms with Crippen LogP contribution in [0.3, 0.4) is 0 Å². The molecule has 7 heteroatoms. The van der Waals surface area contributed by atoms with Gasteiger partial charge < -0.3 is 15.0 Å².